The molecule has 1 heterocycles. The standard InChI is InChI=1S/C12H13ClN2O2/c1-8-11(7-16)12(13)15(14-8)9-3-5-10(17-2)6-4-9/h3-6,16H,7H2,1-2H3. The van der Waals surface area contributed by atoms with E-state index in [1.165, 1.54) is 0 Å². The molecule has 0 atom stereocenters. The second-order valence-electron chi connectivity index (χ2n) is 3.62. The summed E-state index contributed by atoms with van der Waals surface area (Å²) >= 11 is 6.15. The van der Waals surface area contributed by atoms with Gasteiger partial charge in [0.2, 0.25) is 0 Å². The molecule has 17 heavy (non-hydrogen) atoms. The number of aliphatic hydroxyl groups excluding tert-OH is 1. The second-order valence-corrected chi connectivity index (χ2v) is 3.98. The number of benzene rings is 1. The highest BCUT2D eigenvalue weighted by Gasteiger charge is 2.13. The normalized spacial score (nSPS) is 10.6. The Bertz CT molecular complexity index is 520. The number of hydrogen-bond donors (Lipinski definition) is 1. The highest BCUT2D eigenvalue weighted by molar-refractivity contribution is 6.30. The van der Waals surface area contributed by atoms with Crippen LogP contribution in [0.2, 0.25) is 5.15 Å². The molecule has 1 N–H and O–H groups in total. The summed E-state index contributed by atoms with van der Waals surface area (Å²) in [7, 11) is 1.61. The number of aryl methyl sites for hydroxylation is 1. The fourth-order valence-corrected chi connectivity index (χ4v) is 1.94. The van der Waals surface area contributed by atoms with Crippen molar-refractivity contribution in [1.29, 1.82) is 0 Å². The third-order valence-corrected chi connectivity index (χ3v) is 2.99. The molecule has 0 fully saturated rings. The molecule has 0 unspecified atom stereocenters. The van der Waals surface area contributed by atoms with E-state index in [0.717, 1.165) is 17.1 Å². The van der Waals surface area contributed by atoms with Crippen molar-refractivity contribution in [3.8, 4) is 11.4 Å². The Morgan fingerprint density at radius 1 is 1.35 bits per heavy atom. The van der Waals surface area contributed by atoms with Crippen LogP contribution >= 0.6 is 11.6 Å². The predicted molar refractivity (Wildman–Crippen MR) is 65.8 cm³/mol. The lowest BCUT2D eigenvalue weighted by molar-refractivity contribution is 0.281. The summed E-state index contributed by atoms with van der Waals surface area (Å²) in [4.78, 5) is 0. The van der Waals surface area contributed by atoms with Crippen molar-refractivity contribution in [1.82, 2.24) is 9.78 Å². The van der Waals surface area contributed by atoms with E-state index in [1.54, 1.807) is 11.8 Å². The summed E-state index contributed by atoms with van der Waals surface area (Å²) < 4.78 is 6.68. The number of ether oxygens (including phenoxy) is 1. The van der Waals surface area contributed by atoms with Crippen molar-refractivity contribution in [2.75, 3.05) is 7.11 Å². The van der Waals surface area contributed by atoms with Crippen LogP contribution in [0.15, 0.2) is 24.3 Å². The Kier molecular flexibility index (Phi) is 3.36. The van der Waals surface area contributed by atoms with Gasteiger partial charge in [-0.1, -0.05) is 11.6 Å². The molecule has 1 aromatic heterocycles. The van der Waals surface area contributed by atoms with Gasteiger partial charge in [0.15, 0.2) is 0 Å². The summed E-state index contributed by atoms with van der Waals surface area (Å²) in [5, 5.41) is 13.9. The van der Waals surface area contributed by atoms with E-state index < -0.39 is 0 Å². The first-order chi connectivity index (χ1) is 8.17. The zero-order chi connectivity index (χ0) is 12.4. The van der Waals surface area contributed by atoms with E-state index in [2.05, 4.69) is 5.10 Å². The molecule has 2 rings (SSSR count). The Morgan fingerprint density at radius 2 is 2.00 bits per heavy atom. The average Bonchev–Trinajstić information content (AvgIpc) is 2.64. The first kappa shape index (κ1) is 12.0. The third-order valence-electron chi connectivity index (χ3n) is 2.60. The van der Waals surface area contributed by atoms with Gasteiger partial charge >= 0.3 is 0 Å². The predicted octanol–water partition coefficient (Wildman–Crippen LogP) is 2.34. The van der Waals surface area contributed by atoms with Gasteiger partial charge in [-0.05, 0) is 31.2 Å². The highest BCUT2D eigenvalue weighted by atomic mass is 35.5. The number of aliphatic hydroxyl groups is 1. The van der Waals surface area contributed by atoms with Gasteiger partial charge in [0, 0.05) is 5.56 Å². The molecule has 2 aromatic rings. The van der Waals surface area contributed by atoms with Gasteiger partial charge in [-0.15, -0.1) is 0 Å². The molecule has 0 aliphatic rings. The van der Waals surface area contributed by atoms with Gasteiger partial charge in [-0.25, -0.2) is 4.68 Å². The minimum atomic E-state index is -0.110. The molecular weight excluding hydrogens is 240 g/mol. The smallest absolute Gasteiger partial charge is 0.138 e. The van der Waals surface area contributed by atoms with Gasteiger partial charge in [0.25, 0.3) is 0 Å². The van der Waals surface area contributed by atoms with Crippen LogP contribution in [-0.2, 0) is 6.61 Å². The highest BCUT2D eigenvalue weighted by Crippen LogP contribution is 2.24. The Labute approximate surface area is 104 Å². The van der Waals surface area contributed by atoms with Gasteiger partial charge in [-0.3, -0.25) is 0 Å². The van der Waals surface area contributed by atoms with Gasteiger partial charge in [0.1, 0.15) is 10.9 Å². The minimum absolute atomic E-state index is 0.110. The summed E-state index contributed by atoms with van der Waals surface area (Å²) in [6.45, 7) is 1.71. The van der Waals surface area contributed by atoms with Crippen LogP contribution in [-0.4, -0.2) is 22.0 Å². The number of nitrogens with zero attached hydrogens (tertiary/aromatic N) is 2. The van der Waals surface area contributed by atoms with Crippen LogP contribution in [0.1, 0.15) is 11.3 Å². The molecule has 0 amide bonds. The number of rotatable bonds is 3. The molecule has 1 aromatic carbocycles. The zero-order valence-corrected chi connectivity index (χ0v) is 10.4. The Balaban J connectivity index is 2.45. The van der Waals surface area contributed by atoms with E-state index >= 15 is 0 Å². The lowest BCUT2D eigenvalue weighted by Gasteiger charge is -2.04. The summed E-state index contributed by atoms with van der Waals surface area (Å²) in [5.74, 6) is 0.774. The van der Waals surface area contributed by atoms with E-state index in [9.17, 15) is 5.11 Å². The first-order valence-electron chi connectivity index (χ1n) is 5.16. The van der Waals surface area contributed by atoms with Crippen molar-refractivity contribution in [2.24, 2.45) is 0 Å². The topological polar surface area (TPSA) is 47.3 Å². The largest absolute Gasteiger partial charge is 0.497 e. The Hall–Kier alpha value is -1.52. The fourth-order valence-electron chi connectivity index (χ4n) is 1.61. The van der Waals surface area contributed by atoms with Crippen LogP contribution < -0.4 is 4.74 Å². The average molecular weight is 253 g/mol. The lowest BCUT2D eigenvalue weighted by Crippen LogP contribution is -1.96. The summed E-state index contributed by atoms with van der Waals surface area (Å²) in [6, 6.07) is 7.39. The van der Waals surface area contributed by atoms with Crippen molar-refractivity contribution in [3.05, 3.63) is 40.7 Å². The lowest BCUT2D eigenvalue weighted by atomic mass is 10.3. The maximum atomic E-state index is 9.18. The molecular formula is C12H13ClN2O2. The molecule has 0 saturated heterocycles. The fraction of sp³-hybridized carbons (Fsp3) is 0.250. The van der Waals surface area contributed by atoms with Crippen molar-refractivity contribution in [3.63, 3.8) is 0 Å². The second kappa shape index (κ2) is 4.77. The van der Waals surface area contributed by atoms with E-state index in [0.29, 0.717) is 10.7 Å². The van der Waals surface area contributed by atoms with E-state index in [1.807, 2.05) is 31.2 Å². The molecule has 0 radical (unpaired) electrons. The molecule has 0 aliphatic carbocycles. The zero-order valence-electron chi connectivity index (χ0n) is 9.64. The third kappa shape index (κ3) is 2.14. The van der Waals surface area contributed by atoms with Gasteiger partial charge in [-0.2, -0.15) is 5.10 Å². The number of methoxy groups -OCH3 is 1. The van der Waals surface area contributed by atoms with Crippen LogP contribution in [0.3, 0.4) is 0 Å². The van der Waals surface area contributed by atoms with Crippen molar-refractivity contribution >= 4 is 11.6 Å². The van der Waals surface area contributed by atoms with Crippen molar-refractivity contribution < 1.29 is 9.84 Å². The van der Waals surface area contributed by atoms with Crippen LogP contribution in [0.25, 0.3) is 5.69 Å². The summed E-state index contributed by atoms with van der Waals surface area (Å²) in [6.07, 6.45) is 0. The summed E-state index contributed by atoms with van der Waals surface area (Å²) in [5.41, 5.74) is 2.22. The van der Waals surface area contributed by atoms with Crippen LogP contribution in [0, 0.1) is 6.92 Å². The van der Waals surface area contributed by atoms with E-state index in [4.69, 9.17) is 16.3 Å². The SMILES string of the molecule is COc1ccc(-n2nc(C)c(CO)c2Cl)cc1. The minimum Gasteiger partial charge on any atom is -0.497 e. The molecule has 0 aliphatic heterocycles. The van der Waals surface area contributed by atoms with Gasteiger partial charge in [0.05, 0.1) is 25.1 Å². The quantitative estimate of drug-likeness (QED) is 0.912. The first-order valence-corrected chi connectivity index (χ1v) is 5.54. The molecule has 0 spiro atoms. The van der Waals surface area contributed by atoms with Crippen LogP contribution in [0.5, 0.6) is 5.75 Å². The van der Waals surface area contributed by atoms with Crippen LogP contribution in [0.4, 0.5) is 0 Å². The van der Waals surface area contributed by atoms with Crippen molar-refractivity contribution in [2.45, 2.75) is 13.5 Å². The monoisotopic (exact) mass is 252 g/mol. The number of hydrogen-bond acceptors (Lipinski definition) is 3. The molecule has 0 saturated carbocycles. The maximum absolute atomic E-state index is 9.18. The molecule has 90 valence electrons. The molecule has 5 heteroatoms. The number of aromatic nitrogens is 2. The maximum Gasteiger partial charge on any atom is 0.138 e. The molecule has 4 nitrogen and oxygen atoms in total. The molecule has 0 bridgehead atoms. The Morgan fingerprint density at radius 3 is 2.47 bits per heavy atom. The van der Waals surface area contributed by atoms with E-state index in [-0.39, 0.29) is 6.61 Å². The van der Waals surface area contributed by atoms with Gasteiger partial charge < -0.3 is 9.84 Å². The number of halogens is 1.